The first-order valence-corrected chi connectivity index (χ1v) is 10.3. The Morgan fingerprint density at radius 3 is 2.58 bits per heavy atom. The smallest absolute Gasteiger partial charge is 0.174 e. The Morgan fingerprint density at radius 2 is 1.81 bits per heavy atom. The molecule has 1 aliphatic rings. The standard InChI is InChI=1S/C24H19FN4OS/c25-16-7-5-8-17(15-16)28-14-6-11-20(28)23-22(18-9-3-4-13-26-18)27-24(31)29(23)19-10-1-2-12-21(19)30/h1-15,22-23,30H,(H,27,31)/t22-,23+/m0/s1. The van der Waals surface area contributed by atoms with Gasteiger partial charge in [0.2, 0.25) is 0 Å². The van der Waals surface area contributed by atoms with Gasteiger partial charge in [-0.2, -0.15) is 0 Å². The van der Waals surface area contributed by atoms with Gasteiger partial charge in [0, 0.05) is 23.8 Å². The third-order valence-electron chi connectivity index (χ3n) is 5.41. The van der Waals surface area contributed by atoms with E-state index in [-0.39, 0.29) is 23.7 Å². The van der Waals surface area contributed by atoms with Gasteiger partial charge in [0.05, 0.1) is 17.4 Å². The van der Waals surface area contributed by atoms with E-state index in [1.165, 1.54) is 12.1 Å². The molecule has 1 aliphatic heterocycles. The monoisotopic (exact) mass is 430 g/mol. The summed E-state index contributed by atoms with van der Waals surface area (Å²) in [5, 5.41) is 14.4. The van der Waals surface area contributed by atoms with E-state index in [9.17, 15) is 9.50 Å². The van der Waals surface area contributed by atoms with Crippen LogP contribution in [0.5, 0.6) is 5.75 Å². The predicted molar refractivity (Wildman–Crippen MR) is 122 cm³/mol. The van der Waals surface area contributed by atoms with E-state index in [2.05, 4.69) is 10.3 Å². The number of phenols is 1. The molecule has 0 amide bonds. The average molecular weight is 431 g/mol. The molecule has 31 heavy (non-hydrogen) atoms. The topological polar surface area (TPSA) is 53.3 Å². The van der Waals surface area contributed by atoms with Gasteiger partial charge in [-0.1, -0.05) is 24.3 Å². The molecule has 2 N–H and O–H groups in total. The van der Waals surface area contributed by atoms with Crippen LogP contribution in [0, 0.1) is 5.82 Å². The van der Waals surface area contributed by atoms with Crippen LogP contribution >= 0.6 is 12.2 Å². The van der Waals surface area contributed by atoms with E-state index in [1.807, 2.05) is 64.2 Å². The summed E-state index contributed by atoms with van der Waals surface area (Å²) in [5.74, 6) is -0.182. The molecule has 2 aromatic heterocycles. The highest BCUT2D eigenvalue weighted by Gasteiger charge is 2.42. The first-order valence-electron chi connectivity index (χ1n) is 9.85. The molecule has 0 spiro atoms. The molecule has 0 bridgehead atoms. The quantitative estimate of drug-likeness (QED) is 0.452. The fraction of sp³-hybridized carbons (Fsp3) is 0.0833. The summed E-state index contributed by atoms with van der Waals surface area (Å²) >= 11 is 5.70. The van der Waals surface area contributed by atoms with Crippen LogP contribution in [0.3, 0.4) is 0 Å². The van der Waals surface area contributed by atoms with Gasteiger partial charge in [0.15, 0.2) is 5.11 Å². The van der Waals surface area contributed by atoms with E-state index >= 15 is 0 Å². The highest BCUT2D eigenvalue weighted by Crippen LogP contribution is 2.44. The van der Waals surface area contributed by atoms with Gasteiger partial charge in [-0.25, -0.2) is 4.39 Å². The SMILES string of the molecule is Oc1ccccc1N1C(=S)N[C@@H](c2ccccn2)[C@H]1c1cccn1-c1cccc(F)c1. The number of pyridine rings is 1. The molecule has 4 aromatic rings. The first-order chi connectivity index (χ1) is 15.1. The molecule has 3 heterocycles. The van der Waals surface area contributed by atoms with Crippen LogP contribution in [0.4, 0.5) is 10.1 Å². The highest BCUT2D eigenvalue weighted by molar-refractivity contribution is 7.80. The average Bonchev–Trinajstić information content (AvgIpc) is 3.39. The fourth-order valence-electron chi connectivity index (χ4n) is 4.08. The predicted octanol–water partition coefficient (Wildman–Crippen LogP) is 4.89. The number of nitrogens with zero attached hydrogens (tertiary/aromatic N) is 3. The number of aromatic nitrogens is 2. The Labute approximate surface area is 184 Å². The van der Waals surface area contributed by atoms with Crippen LogP contribution < -0.4 is 10.2 Å². The van der Waals surface area contributed by atoms with E-state index in [0.717, 1.165) is 11.4 Å². The zero-order valence-corrected chi connectivity index (χ0v) is 17.2. The number of hydrogen-bond acceptors (Lipinski definition) is 3. The molecule has 0 aliphatic carbocycles. The van der Waals surface area contributed by atoms with Gasteiger partial charge in [-0.15, -0.1) is 0 Å². The molecule has 0 unspecified atom stereocenters. The van der Waals surface area contributed by atoms with E-state index in [0.29, 0.717) is 16.5 Å². The van der Waals surface area contributed by atoms with Crippen LogP contribution in [0.2, 0.25) is 0 Å². The number of halogens is 1. The molecule has 0 saturated carbocycles. The van der Waals surface area contributed by atoms with E-state index < -0.39 is 0 Å². The Bertz CT molecular complexity index is 1240. The molecule has 2 atom stereocenters. The number of hydrogen-bond donors (Lipinski definition) is 2. The van der Waals surface area contributed by atoms with Crippen molar-refractivity contribution < 1.29 is 9.50 Å². The Kier molecular flexibility index (Phi) is 4.88. The maximum Gasteiger partial charge on any atom is 0.174 e. The Hall–Kier alpha value is -3.71. The van der Waals surface area contributed by atoms with Crippen LogP contribution in [0.1, 0.15) is 23.5 Å². The number of anilines is 1. The number of benzene rings is 2. The number of aromatic hydroxyl groups is 1. The highest BCUT2D eigenvalue weighted by atomic mass is 32.1. The van der Waals surface area contributed by atoms with Crippen LogP contribution in [-0.4, -0.2) is 19.8 Å². The minimum absolute atomic E-state index is 0.127. The van der Waals surface area contributed by atoms with Gasteiger partial charge in [-0.05, 0) is 66.8 Å². The van der Waals surface area contributed by atoms with Crippen molar-refractivity contribution in [2.24, 2.45) is 0 Å². The van der Waals surface area contributed by atoms with Crippen molar-refractivity contribution in [1.29, 1.82) is 0 Å². The summed E-state index contributed by atoms with van der Waals surface area (Å²) in [6.45, 7) is 0. The number of nitrogens with one attached hydrogen (secondary N) is 1. The molecular weight excluding hydrogens is 411 g/mol. The van der Waals surface area contributed by atoms with Crippen molar-refractivity contribution in [1.82, 2.24) is 14.9 Å². The van der Waals surface area contributed by atoms with Crippen molar-refractivity contribution in [2.45, 2.75) is 12.1 Å². The van der Waals surface area contributed by atoms with E-state index in [1.54, 1.807) is 24.4 Å². The molecule has 1 saturated heterocycles. The van der Waals surface area contributed by atoms with E-state index in [4.69, 9.17) is 12.2 Å². The fourth-order valence-corrected chi connectivity index (χ4v) is 4.42. The van der Waals surface area contributed by atoms with Crippen molar-refractivity contribution in [3.8, 4) is 11.4 Å². The van der Waals surface area contributed by atoms with Crippen molar-refractivity contribution >= 4 is 23.0 Å². The lowest BCUT2D eigenvalue weighted by atomic mass is 10.0. The van der Waals surface area contributed by atoms with Gasteiger partial charge in [0.25, 0.3) is 0 Å². The summed E-state index contributed by atoms with van der Waals surface area (Å²) in [4.78, 5) is 6.44. The lowest BCUT2D eigenvalue weighted by Gasteiger charge is -2.29. The molecule has 7 heteroatoms. The van der Waals surface area contributed by atoms with Gasteiger partial charge in [-0.3, -0.25) is 4.98 Å². The van der Waals surface area contributed by atoms with Crippen LogP contribution in [0.25, 0.3) is 5.69 Å². The molecule has 0 radical (unpaired) electrons. The number of para-hydroxylation sites is 2. The lowest BCUT2D eigenvalue weighted by molar-refractivity contribution is 0.472. The molecule has 1 fully saturated rings. The molecule has 5 nitrogen and oxygen atoms in total. The number of thiocarbonyl (C=S) groups is 1. The van der Waals surface area contributed by atoms with Crippen molar-refractivity contribution in [3.63, 3.8) is 0 Å². The lowest BCUT2D eigenvalue weighted by Crippen LogP contribution is -2.30. The van der Waals surface area contributed by atoms with Gasteiger partial charge in [0.1, 0.15) is 17.6 Å². The maximum absolute atomic E-state index is 14.0. The Morgan fingerprint density at radius 1 is 0.968 bits per heavy atom. The summed E-state index contributed by atoms with van der Waals surface area (Å²) in [7, 11) is 0. The summed E-state index contributed by atoms with van der Waals surface area (Å²) in [6, 6.07) is 22.6. The molecule has 2 aromatic carbocycles. The minimum atomic E-state index is -0.325. The van der Waals surface area contributed by atoms with Crippen LogP contribution in [-0.2, 0) is 0 Å². The number of phenolic OH excluding ortho intramolecular Hbond substituents is 1. The molecule has 5 rings (SSSR count). The first kappa shape index (κ1) is 19.3. The van der Waals surface area contributed by atoms with Gasteiger partial charge < -0.3 is 19.9 Å². The second-order valence-corrected chi connectivity index (χ2v) is 7.65. The molecular formula is C24H19FN4OS. The summed E-state index contributed by atoms with van der Waals surface area (Å²) in [5.41, 5.74) is 3.00. The zero-order chi connectivity index (χ0) is 21.4. The molecule has 154 valence electrons. The Balaban J connectivity index is 1.69. The van der Waals surface area contributed by atoms with Crippen molar-refractivity contribution in [3.05, 3.63) is 108 Å². The van der Waals surface area contributed by atoms with Gasteiger partial charge >= 0.3 is 0 Å². The maximum atomic E-state index is 14.0. The third kappa shape index (κ3) is 3.43. The summed E-state index contributed by atoms with van der Waals surface area (Å²) in [6.07, 6.45) is 3.63. The zero-order valence-electron chi connectivity index (χ0n) is 16.4. The third-order valence-corrected chi connectivity index (χ3v) is 5.72. The normalized spacial score (nSPS) is 18.2. The summed E-state index contributed by atoms with van der Waals surface area (Å²) < 4.78 is 15.9. The second kappa shape index (κ2) is 7.85. The van der Waals surface area contributed by atoms with Crippen molar-refractivity contribution in [2.75, 3.05) is 4.90 Å². The van der Waals surface area contributed by atoms with Crippen LogP contribution in [0.15, 0.2) is 91.3 Å². The minimum Gasteiger partial charge on any atom is -0.506 e. The second-order valence-electron chi connectivity index (χ2n) is 7.27. The number of rotatable bonds is 4. The largest absolute Gasteiger partial charge is 0.506 e.